The third-order valence-corrected chi connectivity index (χ3v) is 3.85. The van der Waals surface area contributed by atoms with Crippen molar-refractivity contribution in [3.8, 4) is 0 Å². The summed E-state index contributed by atoms with van der Waals surface area (Å²) in [5.41, 5.74) is 2.77. The molecule has 108 valence electrons. The van der Waals surface area contributed by atoms with E-state index < -0.39 is 5.82 Å². The Labute approximate surface area is 127 Å². The van der Waals surface area contributed by atoms with Crippen LogP contribution in [0.2, 0.25) is 5.02 Å². The van der Waals surface area contributed by atoms with Crippen LogP contribution in [0.15, 0.2) is 46.9 Å². The highest BCUT2D eigenvalue weighted by Crippen LogP contribution is 2.30. The van der Waals surface area contributed by atoms with Crippen LogP contribution >= 0.6 is 11.6 Å². The van der Waals surface area contributed by atoms with Gasteiger partial charge in [0.05, 0.1) is 11.1 Å². The first kappa shape index (κ1) is 14.1. The SMILES string of the molecule is CNC(c1ccc(Cl)c(F)c1)c1cc2cc(C)ccc2o1. The predicted molar refractivity (Wildman–Crippen MR) is 83.3 cm³/mol. The highest BCUT2D eigenvalue weighted by atomic mass is 35.5. The van der Waals surface area contributed by atoms with E-state index in [4.69, 9.17) is 16.0 Å². The highest BCUT2D eigenvalue weighted by Gasteiger charge is 2.18. The van der Waals surface area contributed by atoms with E-state index in [2.05, 4.69) is 11.4 Å². The molecule has 1 N–H and O–H groups in total. The maximum Gasteiger partial charge on any atom is 0.142 e. The lowest BCUT2D eigenvalue weighted by atomic mass is 10.0. The molecule has 3 rings (SSSR count). The van der Waals surface area contributed by atoms with Crippen molar-refractivity contribution in [2.75, 3.05) is 7.05 Å². The molecule has 1 heterocycles. The quantitative estimate of drug-likeness (QED) is 0.749. The van der Waals surface area contributed by atoms with Gasteiger partial charge in [-0.25, -0.2) is 4.39 Å². The van der Waals surface area contributed by atoms with E-state index in [1.807, 2.05) is 32.2 Å². The summed E-state index contributed by atoms with van der Waals surface area (Å²) in [4.78, 5) is 0. The Morgan fingerprint density at radius 1 is 1.14 bits per heavy atom. The first-order valence-electron chi connectivity index (χ1n) is 6.71. The molecule has 2 aromatic carbocycles. The Kier molecular flexibility index (Phi) is 3.70. The normalized spacial score (nSPS) is 12.8. The molecular weight excluding hydrogens is 289 g/mol. The van der Waals surface area contributed by atoms with E-state index in [1.54, 1.807) is 12.1 Å². The van der Waals surface area contributed by atoms with Gasteiger partial charge >= 0.3 is 0 Å². The Morgan fingerprint density at radius 2 is 1.95 bits per heavy atom. The van der Waals surface area contributed by atoms with Gasteiger partial charge in [0, 0.05) is 5.39 Å². The Balaban J connectivity index is 2.06. The van der Waals surface area contributed by atoms with Gasteiger partial charge in [0.1, 0.15) is 17.2 Å². The van der Waals surface area contributed by atoms with Crippen molar-refractivity contribution >= 4 is 22.6 Å². The molecule has 3 aromatic rings. The highest BCUT2D eigenvalue weighted by molar-refractivity contribution is 6.30. The molecule has 0 bridgehead atoms. The molecular formula is C17H15ClFNO. The second-order valence-electron chi connectivity index (χ2n) is 5.09. The average Bonchev–Trinajstić information content (AvgIpc) is 2.86. The van der Waals surface area contributed by atoms with Gasteiger partial charge in [-0.05, 0) is 49.9 Å². The van der Waals surface area contributed by atoms with E-state index in [-0.39, 0.29) is 11.1 Å². The zero-order valence-electron chi connectivity index (χ0n) is 11.8. The lowest BCUT2D eigenvalue weighted by molar-refractivity contribution is 0.490. The molecule has 0 saturated heterocycles. The first-order chi connectivity index (χ1) is 10.1. The lowest BCUT2D eigenvalue weighted by Gasteiger charge is -2.14. The van der Waals surface area contributed by atoms with E-state index >= 15 is 0 Å². The topological polar surface area (TPSA) is 25.2 Å². The van der Waals surface area contributed by atoms with Crippen LogP contribution in [-0.2, 0) is 0 Å². The fraction of sp³-hybridized carbons (Fsp3) is 0.176. The Morgan fingerprint density at radius 3 is 2.67 bits per heavy atom. The number of hydrogen-bond acceptors (Lipinski definition) is 2. The summed E-state index contributed by atoms with van der Waals surface area (Å²) in [5, 5.41) is 4.31. The number of benzene rings is 2. The number of hydrogen-bond donors (Lipinski definition) is 1. The van der Waals surface area contributed by atoms with Crippen molar-refractivity contribution in [2.24, 2.45) is 0 Å². The van der Waals surface area contributed by atoms with E-state index in [1.165, 1.54) is 11.6 Å². The molecule has 0 aliphatic carbocycles. The maximum atomic E-state index is 13.7. The molecule has 4 heteroatoms. The summed E-state index contributed by atoms with van der Waals surface area (Å²) in [6.45, 7) is 2.04. The molecule has 0 aliphatic heterocycles. The van der Waals surface area contributed by atoms with Crippen molar-refractivity contribution in [1.82, 2.24) is 5.32 Å². The van der Waals surface area contributed by atoms with Crippen LogP contribution in [0.3, 0.4) is 0 Å². The smallest absolute Gasteiger partial charge is 0.142 e. The zero-order chi connectivity index (χ0) is 15.0. The summed E-state index contributed by atoms with van der Waals surface area (Å²) < 4.78 is 19.5. The minimum Gasteiger partial charge on any atom is -0.459 e. The van der Waals surface area contributed by atoms with Gasteiger partial charge in [0.25, 0.3) is 0 Å². The number of aryl methyl sites for hydroxylation is 1. The molecule has 0 saturated carbocycles. The summed E-state index contributed by atoms with van der Waals surface area (Å²) in [5.74, 6) is 0.321. The summed E-state index contributed by atoms with van der Waals surface area (Å²) >= 11 is 5.74. The second kappa shape index (κ2) is 5.51. The van der Waals surface area contributed by atoms with Gasteiger partial charge < -0.3 is 9.73 Å². The van der Waals surface area contributed by atoms with Crippen LogP contribution in [0, 0.1) is 12.7 Å². The molecule has 21 heavy (non-hydrogen) atoms. The first-order valence-corrected chi connectivity index (χ1v) is 7.08. The van der Waals surface area contributed by atoms with Gasteiger partial charge in [-0.15, -0.1) is 0 Å². The van der Waals surface area contributed by atoms with E-state index in [0.29, 0.717) is 0 Å². The van der Waals surface area contributed by atoms with Gasteiger partial charge in [0.15, 0.2) is 0 Å². The van der Waals surface area contributed by atoms with Crippen molar-refractivity contribution < 1.29 is 8.81 Å². The van der Waals surface area contributed by atoms with Crippen LogP contribution in [0.1, 0.15) is 22.9 Å². The van der Waals surface area contributed by atoms with E-state index in [9.17, 15) is 4.39 Å². The molecule has 0 spiro atoms. The molecule has 1 unspecified atom stereocenters. The van der Waals surface area contributed by atoms with Crippen molar-refractivity contribution in [3.05, 3.63) is 70.2 Å². The minimum atomic E-state index is -0.429. The number of fused-ring (bicyclic) bond motifs is 1. The van der Waals surface area contributed by atoms with Crippen molar-refractivity contribution in [2.45, 2.75) is 13.0 Å². The molecule has 0 amide bonds. The summed E-state index contributed by atoms with van der Waals surface area (Å²) in [6, 6.07) is 12.6. The second-order valence-corrected chi connectivity index (χ2v) is 5.49. The van der Waals surface area contributed by atoms with Gasteiger partial charge in [-0.2, -0.15) is 0 Å². The Hall–Kier alpha value is -1.84. The van der Waals surface area contributed by atoms with Crippen LogP contribution in [0.25, 0.3) is 11.0 Å². The molecule has 1 atom stereocenters. The maximum absolute atomic E-state index is 13.7. The molecule has 0 radical (unpaired) electrons. The number of rotatable bonds is 3. The number of halogens is 2. The minimum absolute atomic E-state index is 0.119. The summed E-state index contributed by atoms with van der Waals surface area (Å²) in [7, 11) is 1.82. The molecule has 1 aromatic heterocycles. The predicted octanol–water partition coefficient (Wildman–Crippen LogP) is 4.84. The fourth-order valence-electron chi connectivity index (χ4n) is 2.49. The third-order valence-electron chi connectivity index (χ3n) is 3.54. The van der Waals surface area contributed by atoms with Crippen molar-refractivity contribution in [3.63, 3.8) is 0 Å². The zero-order valence-corrected chi connectivity index (χ0v) is 12.5. The number of nitrogens with one attached hydrogen (secondary N) is 1. The van der Waals surface area contributed by atoms with Crippen LogP contribution in [-0.4, -0.2) is 7.05 Å². The molecule has 0 fully saturated rings. The van der Waals surface area contributed by atoms with Crippen LogP contribution in [0.5, 0.6) is 0 Å². The van der Waals surface area contributed by atoms with Crippen molar-refractivity contribution in [1.29, 1.82) is 0 Å². The monoisotopic (exact) mass is 303 g/mol. The van der Waals surface area contributed by atoms with E-state index in [0.717, 1.165) is 22.3 Å². The van der Waals surface area contributed by atoms with Crippen LogP contribution < -0.4 is 5.32 Å². The third kappa shape index (κ3) is 2.67. The average molecular weight is 304 g/mol. The molecule has 2 nitrogen and oxygen atoms in total. The lowest BCUT2D eigenvalue weighted by Crippen LogP contribution is -2.17. The Bertz CT molecular complexity index is 797. The summed E-state index contributed by atoms with van der Waals surface area (Å²) in [6.07, 6.45) is 0. The van der Waals surface area contributed by atoms with Crippen LogP contribution in [0.4, 0.5) is 4.39 Å². The largest absolute Gasteiger partial charge is 0.459 e. The number of furan rings is 1. The van der Waals surface area contributed by atoms with Gasteiger partial charge in [0.2, 0.25) is 0 Å². The fourth-order valence-corrected chi connectivity index (χ4v) is 2.61. The molecule has 0 aliphatic rings. The van der Waals surface area contributed by atoms with Gasteiger partial charge in [-0.3, -0.25) is 0 Å². The standard InChI is InChI=1S/C17H15ClFNO/c1-10-3-6-15-12(7-10)9-16(21-15)17(20-2)11-4-5-13(18)14(19)8-11/h3-9,17,20H,1-2H3. The van der Waals surface area contributed by atoms with Gasteiger partial charge in [-0.1, -0.05) is 29.3 Å².